The van der Waals surface area contributed by atoms with Gasteiger partial charge in [0.25, 0.3) is 0 Å². The van der Waals surface area contributed by atoms with Gasteiger partial charge in [-0.3, -0.25) is 9.80 Å². The zero-order valence-electron chi connectivity index (χ0n) is 21.3. The minimum Gasteiger partial charge on any atom is -0.417 e. The maximum Gasteiger partial charge on any atom is 0.191 e. The summed E-state index contributed by atoms with van der Waals surface area (Å²) in [5.74, 6) is 0. The number of rotatable bonds is 11. The van der Waals surface area contributed by atoms with Crippen molar-refractivity contribution in [1.82, 2.24) is 9.80 Å². The zero-order valence-corrected chi connectivity index (χ0v) is 22.3. The molecule has 0 aromatic heterocycles. The van der Waals surface area contributed by atoms with Crippen LogP contribution in [0.5, 0.6) is 0 Å². The van der Waals surface area contributed by atoms with Gasteiger partial charge in [0.15, 0.2) is 8.32 Å². The molecule has 1 saturated heterocycles. The van der Waals surface area contributed by atoms with Gasteiger partial charge in [-0.05, 0) is 42.1 Å². The lowest BCUT2D eigenvalue weighted by molar-refractivity contribution is 0.103. The molecule has 4 nitrogen and oxygen atoms in total. The van der Waals surface area contributed by atoms with Crippen molar-refractivity contribution in [2.24, 2.45) is 0 Å². The Balaban J connectivity index is 1.78. The van der Waals surface area contributed by atoms with Gasteiger partial charge in [-0.15, -0.1) is 0 Å². The van der Waals surface area contributed by atoms with Gasteiger partial charge in [0.05, 0.1) is 6.10 Å². The third-order valence-electron chi connectivity index (χ3n) is 7.41. The third kappa shape index (κ3) is 8.04. The molecule has 3 rings (SSSR count). The summed E-state index contributed by atoms with van der Waals surface area (Å²) in [7, 11) is -1.78. The van der Waals surface area contributed by atoms with Gasteiger partial charge in [-0.25, -0.2) is 0 Å². The number of hydrogen-bond donors (Lipinski definition) is 1. The number of β-amino-alcohol motifs (C(OH)–C–C–N with tert-alkyl or cyclic N) is 1. The van der Waals surface area contributed by atoms with Crippen molar-refractivity contribution in [2.75, 3.05) is 26.2 Å². The van der Waals surface area contributed by atoms with Crippen LogP contribution in [0.1, 0.15) is 44.7 Å². The lowest BCUT2D eigenvalue weighted by Crippen LogP contribution is -2.45. The fourth-order valence-corrected chi connectivity index (χ4v) is 5.34. The minimum absolute atomic E-state index is 0.189. The first-order chi connectivity index (χ1) is 15.6. The summed E-state index contributed by atoms with van der Waals surface area (Å²) in [4.78, 5) is 5.05. The van der Waals surface area contributed by atoms with Crippen LogP contribution in [-0.4, -0.2) is 61.6 Å². The summed E-state index contributed by atoms with van der Waals surface area (Å²) < 4.78 is 6.60. The van der Waals surface area contributed by atoms with Gasteiger partial charge in [0, 0.05) is 45.4 Å². The summed E-state index contributed by atoms with van der Waals surface area (Å²) in [5, 5.41) is 10.3. The van der Waals surface area contributed by atoms with Crippen molar-refractivity contribution in [1.29, 1.82) is 0 Å². The first-order valence-corrected chi connectivity index (χ1v) is 15.4. The molecule has 0 spiro atoms. The Hall–Kier alpha value is -1.50. The van der Waals surface area contributed by atoms with Gasteiger partial charge in [-0.2, -0.15) is 0 Å². The van der Waals surface area contributed by atoms with Gasteiger partial charge >= 0.3 is 0 Å². The molecule has 182 valence electrons. The smallest absolute Gasteiger partial charge is 0.191 e. The Morgan fingerprint density at radius 1 is 1.00 bits per heavy atom. The van der Waals surface area contributed by atoms with E-state index in [0.717, 1.165) is 52.2 Å². The molecule has 1 N–H and O–H groups in total. The topological polar surface area (TPSA) is 35.9 Å². The van der Waals surface area contributed by atoms with Crippen LogP contribution in [0.3, 0.4) is 0 Å². The molecule has 1 aliphatic heterocycles. The molecule has 0 amide bonds. The fourth-order valence-electron chi connectivity index (χ4n) is 4.28. The van der Waals surface area contributed by atoms with Crippen LogP contribution in [0, 0.1) is 0 Å². The highest BCUT2D eigenvalue weighted by atomic mass is 28.4. The van der Waals surface area contributed by atoms with E-state index in [4.69, 9.17) is 4.43 Å². The molecule has 0 radical (unpaired) electrons. The molecule has 2 aromatic rings. The SMILES string of the molecule is CC(C)(C)[Si](C)(C)OCC[C@@H](CN1CCC(O)C1)N(Cc1ccccc1)Cc1ccccc1. The van der Waals surface area contributed by atoms with E-state index in [1.807, 2.05) is 0 Å². The first kappa shape index (κ1) is 26.1. The number of benzene rings is 2. The Bertz CT molecular complexity index is 781. The van der Waals surface area contributed by atoms with E-state index in [2.05, 4.69) is 104 Å². The number of likely N-dealkylation sites (tertiary alicyclic amines) is 1. The summed E-state index contributed by atoms with van der Waals surface area (Å²) in [6.45, 7) is 16.9. The van der Waals surface area contributed by atoms with Crippen LogP contribution < -0.4 is 0 Å². The Kier molecular flexibility index (Phi) is 9.31. The van der Waals surface area contributed by atoms with Gasteiger partial charge in [0.1, 0.15) is 0 Å². The molecule has 1 aliphatic rings. The molecule has 0 saturated carbocycles. The fraction of sp³-hybridized carbons (Fsp3) is 0.571. The van der Waals surface area contributed by atoms with Crippen LogP contribution in [0.2, 0.25) is 18.1 Å². The summed E-state index contributed by atoms with van der Waals surface area (Å²) in [6.07, 6.45) is 1.69. The predicted octanol–water partition coefficient (Wildman–Crippen LogP) is 5.54. The van der Waals surface area contributed by atoms with Crippen LogP contribution >= 0.6 is 0 Å². The Labute approximate surface area is 202 Å². The highest BCUT2D eigenvalue weighted by molar-refractivity contribution is 6.74. The van der Waals surface area contributed by atoms with E-state index >= 15 is 0 Å². The molecular weight excluding hydrogens is 424 g/mol. The van der Waals surface area contributed by atoms with Crippen molar-refractivity contribution in [3.63, 3.8) is 0 Å². The molecule has 0 aliphatic carbocycles. The predicted molar refractivity (Wildman–Crippen MR) is 141 cm³/mol. The molecule has 2 atom stereocenters. The molecule has 2 aromatic carbocycles. The molecule has 5 heteroatoms. The van der Waals surface area contributed by atoms with Crippen molar-refractivity contribution in [2.45, 2.75) is 77.0 Å². The average Bonchev–Trinajstić information content (AvgIpc) is 3.18. The van der Waals surface area contributed by atoms with Crippen LogP contribution in [0.15, 0.2) is 60.7 Å². The second-order valence-electron chi connectivity index (χ2n) is 11.1. The van der Waals surface area contributed by atoms with Gasteiger partial charge < -0.3 is 9.53 Å². The number of aliphatic hydroxyl groups excluding tert-OH is 1. The quantitative estimate of drug-likeness (QED) is 0.440. The summed E-state index contributed by atoms with van der Waals surface area (Å²) >= 11 is 0. The zero-order chi connectivity index (χ0) is 23.9. The standard InChI is InChI=1S/C28H44N2O2Si/c1-28(2,3)33(4,5)32-19-17-26(22-29-18-16-27(31)23-29)30(20-24-12-8-6-9-13-24)21-25-14-10-7-11-15-25/h6-15,26-27,31H,16-23H2,1-5H3/t26-,27?/m0/s1. The summed E-state index contributed by atoms with van der Waals surface area (Å²) in [6, 6.07) is 21.9. The maximum absolute atomic E-state index is 10.1. The highest BCUT2D eigenvalue weighted by Gasteiger charge is 2.37. The van der Waals surface area contributed by atoms with Gasteiger partial charge in [0.2, 0.25) is 0 Å². The number of aliphatic hydroxyl groups is 1. The van der Waals surface area contributed by atoms with E-state index in [-0.39, 0.29) is 11.1 Å². The van der Waals surface area contributed by atoms with Crippen molar-refractivity contribution in [3.05, 3.63) is 71.8 Å². The molecule has 1 heterocycles. The second-order valence-corrected chi connectivity index (χ2v) is 15.9. The van der Waals surface area contributed by atoms with E-state index in [0.29, 0.717) is 6.04 Å². The maximum atomic E-state index is 10.1. The Morgan fingerprint density at radius 3 is 2.00 bits per heavy atom. The molecule has 33 heavy (non-hydrogen) atoms. The number of hydrogen-bond acceptors (Lipinski definition) is 4. The van der Waals surface area contributed by atoms with Crippen LogP contribution in [-0.2, 0) is 17.5 Å². The van der Waals surface area contributed by atoms with E-state index in [1.54, 1.807) is 0 Å². The Morgan fingerprint density at radius 2 is 1.55 bits per heavy atom. The third-order valence-corrected chi connectivity index (χ3v) is 11.9. The van der Waals surface area contributed by atoms with Crippen LogP contribution in [0.25, 0.3) is 0 Å². The molecule has 1 fully saturated rings. The highest BCUT2D eigenvalue weighted by Crippen LogP contribution is 2.36. The van der Waals surface area contributed by atoms with Crippen LogP contribution in [0.4, 0.5) is 0 Å². The monoisotopic (exact) mass is 468 g/mol. The van der Waals surface area contributed by atoms with E-state index in [1.165, 1.54) is 11.1 Å². The average molecular weight is 469 g/mol. The normalized spacial score (nSPS) is 18.7. The molecular formula is C28H44N2O2Si. The summed E-state index contributed by atoms with van der Waals surface area (Å²) in [5.41, 5.74) is 2.68. The van der Waals surface area contributed by atoms with E-state index < -0.39 is 8.32 Å². The first-order valence-electron chi connectivity index (χ1n) is 12.5. The van der Waals surface area contributed by atoms with Crippen molar-refractivity contribution >= 4 is 8.32 Å². The second kappa shape index (κ2) is 11.8. The van der Waals surface area contributed by atoms with E-state index in [9.17, 15) is 5.11 Å². The largest absolute Gasteiger partial charge is 0.417 e. The van der Waals surface area contributed by atoms with Crippen molar-refractivity contribution < 1.29 is 9.53 Å². The van der Waals surface area contributed by atoms with Crippen molar-refractivity contribution in [3.8, 4) is 0 Å². The minimum atomic E-state index is -1.78. The molecule has 1 unspecified atom stereocenters. The lowest BCUT2D eigenvalue weighted by Gasteiger charge is -2.38. The number of nitrogens with zero attached hydrogens (tertiary/aromatic N) is 2. The lowest BCUT2D eigenvalue weighted by atomic mass is 10.1. The molecule has 0 bridgehead atoms. The van der Waals surface area contributed by atoms with Gasteiger partial charge in [-0.1, -0.05) is 81.4 Å².